The maximum atomic E-state index is 14.0. The van der Waals surface area contributed by atoms with E-state index >= 15 is 0 Å². The Morgan fingerprint density at radius 1 is 1.17 bits per heavy atom. The van der Waals surface area contributed by atoms with E-state index in [-0.39, 0.29) is 12.0 Å². The van der Waals surface area contributed by atoms with Crippen LogP contribution in [0.25, 0.3) is 0 Å². The summed E-state index contributed by atoms with van der Waals surface area (Å²) in [5.41, 5.74) is 0.819. The first-order chi connectivity index (χ1) is 14.5. The first kappa shape index (κ1) is 26.2. The summed E-state index contributed by atoms with van der Waals surface area (Å²) in [6.07, 6.45) is 11.8. The Bertz CT molecular complexity index is 693. The van der Waals surface area contributed by atoms with Gasteiger partial charge in [-0.2, -0.15) is 0 Å². The van der Waals surface area contributed by atoms with Crippen LogP contribution in [0.15, 0.2) is 46.0 Å². The molecule has 6 heteroatoms. The van der Waals surface area contributed by atoms with Crippen LogP contribution in [0.2, 0.25) is 0 Å². The quantitative estimate of drug-likeness (QED) is 0.185. The van der Waals surface area contributed by atoms with Crippen molar-refractivity contribution in [3.05, 3.63) is 58.8 Å². The van der Waals surface area contributed by atoms with Crippen molar-refractivity contribution in [1.82, 2.24) is 5.32 Å². The summed E-state index contributed by atoms with van der Waals surface area (Å²) in [7, 11) is 1.96. The number of nitrogens with zero attached hydrogens (tertiary/aromatic N) is 2. The first-order valence-electron chi connectivity index (χ1n) is 10.5. The molecule has 0 aromatic heterocycles. The highest BCUT2D eigenvalue weighted by Crippen LogP contribution is 2.20. The summed E-state index contributed by atoms with van der Waals surface area (Å²) in [6.45, 7) is 8.61. The van der Waals surface area contributed by atoms with E-state index in [1.165, 1.54) is 24.4 Å². The third kappa shape index (κ3) is 10.8. The molecular formula is C24H34ClF2N3. The van der Waals surface area contributed by atoms with Crippen molar-refractivity contribution in [3.63, 3.8) is 0 Å². The number of halogens is 3. The van der Waals surface area contributed by atoms with Gasteiger partial charge in [-0.1, -0.05) is 36.9 Å². The highest BCUT2D eigenvalue weighted by molar-refractivity contribution is 6.39. The molecule has 166 valence electrons. The molecule has 1 N–H and O–H groups in total. The largest absolute Gasteiger partial charge is 0.320 e. The lowest BCUT2D eigenvalue weighted by Crippen LogP contribution is -2.14. The molecule has 1 atom stereocenters. The number of unbranched alkanes of at least 4 members (excludes halogenated alkanes) is 2. The number of hydrogen-bond donors (Lipinski definition) is 1. The lowest BCUT2D eigenvalue weighted by molar-refractivity contribution is 0.401. The summed E-state index contributed by atoms with van der Waals surface area (Å²) >= 11 is 5.91. The first-order valence-corrected chi connectivity index (χ1v) is 10.9. The van der Waals surface area contributed by atoms with Gasteiger partial charge in [0.1, 0.15) is 11.6 Å². The molecule has 0 saturated heterocycles. The van der Waals surface area contributed by atoms with E-state index < -0.39 is 11.6 Å². The number of nitrogens with one attached hydrogen (secondary N) is 1. The summed E-state index contributed by atoms with van der Waals surface area (Å²) in [5.74, 6) is -0.365. The molecule has 0 aliphatic heterocycles. The average molecular weight is 438 g/mol. The Morgan fingerprint density at radius 2 is 1.90 bits per heavy atom. The minimum atomic E-state index is -0.476. The zero-order valence-corrected chi connectivity index (χ0v) is 18.7. The van der Waals surface area contributed by atoms with Crippen LogP contribution in [-0.4, -0.2) is 33.1 Å². The minimum absolute atomic E-state index is 0.0984. The SMILES string of the molecule is C=CCc1c(F)cc(CCCCCC(CCN=C/C(Cl)=C\N=C)CCNC)cc1F. The van der Waals surface area contributed by atoms with Gasteiger partial charge in [0.15, 0.2) is 0 Å². The van der Waals surface area contributed by atoms with Gasteiger partial charge in [0.05, 0.1) is 5.03 Å². The number of rotatable bonds is 16. The standard InChI is InChI=1S/C24H34ClF2N3/c1-4-8-22-23(26)15-20(16-24(22)27)10-7-5-6-9-19(11-13-28-2)12-14-30-18-21(25)17-29-3/h4,15-19,28H,1,3,5-14H2,2H3/b21-17+,30-18?. The second kappa shape index (κ2) is 15.9. The van der Waals surface area contributed by atoms with Gasteiger partial charge in [-0.25, -0.2) is 8.78 Å². The van der Waals surface area contributed by atoms with Crippen molar-refractivity contribution in [2.24, 2.45) is 15.9 Å². The molecule has 0 spiro atoms. The summed E-state index contributed by atoms with van der Waals surface area (Å²) in [5, 5.41) is 3.68. The van der Waals surface area contributed by atoms with Crippen molar-refractivity contribution in [3.8, 4) is 0 Å². The Labute approximate surface area is 185 Å². The van der Waals surface area contributed by atoms with E-state index in [1.54, 1.807) is 6.21 Å². The molecule has 3 nitrogen and oxygen atoms in total. The fourth-order valence-electron chi connectivity index (χ4n) is 3.39. The van der Waals surface area contributed by atoms with Crippen LogP contribution in [0.1, 0.15) is 49.7 Å². The normalized spacial score (nSPS) is 13.0. The fourth-order valence-corrected chi connectivity index (χ4v) is 3.53. The lowest BCUT2D eigenvalue weighted by atomic mass is 9.93. The van der Waals surface area contributed by atoms with E-state index in [0.29, 0.717) is 17.4 Å². The van der Waals surface area contributed by atoms with E-state index in [9.17, 15) is 8.78 Å². The molecule has 0 bridgehead atoms. The van der Waals surface area contributed by atoms with Crippen LogP contribution in [0, 0.1) is 17.6 Å². The molecule has 1 unspecified atom stereocenters. The Kier molecular flexibility index (Phi) is 13.9. The van der Waals surface area contributed by atoms with Crippen LogP contribution in [0.4, 0.5) is 8.78 Å². The molecule has 0 aliphatic rings. The van der Waals surface area contributed by atoms with Gasteiger partial charge >= 0.3 is 0 Å². The predicted octanol–water partition coefficient (Wildman–Crippen LogP) is 6.26. The number of allylic oxidation sites excluding steroid dienone is 2. The molecule has 1 rings (SSSR count). The van der Waals surface area contributed by atoms with Gasteiger partial charge in [-0.15, -0.1) is 6.58 Å². The van der Waals surface area contributed by atoms with Crippen LogP contribution >= 0.6 is 11.6 Å². The molecule has 1 aromatic carbocycles. The minimum Gasteiger partial charge on any atom is -0.320 e. The lowest BCUT2D eigenvalue weighted by Gasteiger charge is -2.15. The Hall–Kier alpha value is -1.85. The topological polar surface area (TPSA) is 36.8 Å². The van der Waals surface area contributed by atoms with Gasteiger partial charge in [0, 0.05) is 24.5 Å². The zero-order valence-electron chi connectivity index (χ0n) is 18.0. The number of hydrogen-bond acceptors (Lipinski definition) is 3. The van der Waals surface area contributed by atoms with E-state index in [2.05, 4.69) is 28.6 Å². The van der Waals surface area contributed by atoms with Gasteiger partial charge in [-0.05, 0) is 76.0 Å². The number of aliphatic imine (C=N–C) groups is 2. The second-order valence-electron chi connectivity index (χ2n) is 7.41. The third-order valence-corrected chi connectivity index (χ3v) is 5.22. The molecule has 0 radical (unpaired) electrons. The summed E-state index contributed by atoms with van der Waals surface area (Å²) in [4.78, 5) is 7.95. The highest BCUT2D eigenvalue weighted by Gasteiger charge is 2.11. The van der Waals surface area contributed by atoms with E-state index in [1.807, 2.05) is 7.05 Å². The maximum absolute atomic E-state index is 14.0. The monoisotopic (exact) mass is 437 g/mol. The van der Waals surface area contributed by atoms with Crippen LogP contribution < -0.4 is 5.32 Å². The predicted molar refractivity (Wildman–Crippen MR) is 126 cm³/mol. The van der Waals surface area contributed by atoms with Gasteiger partial charge in [0.25, 0.3) is 0 Å². The third-order valence-electron chi connectivity index (χ3n) is 5.03. The van der Waals surface area contributed by atoms with Gasteiger partial charge in [0.2, 0.25) is 0 Å². The molecule has 0 amide bonds. The van der Waals surface area contributed by atoms with Crippen molar-refractivity contribution < 1.29 is 8.78 Å². The van der Waals surface area contributed by atoms with Crippen molar-refractivity contribution in [2.75, 3.05) is 20.1 Å². The van der Waals surface area contributed by atoms with Crippen LogP contribution in [0.5, 0.6) is 0 Å². The zero-order chi connectivity index (χ0) is 22.2. The Balaban J connectivity index is 2.39. The fraction of sp³-hybridized carbons (Fsp3) is 0.500. The molecule has 0 aliphatic carbocycles. The number of benzene rings is 1. The number of aryl methyl sites for hydroxylation is 1. The molecule has 0 heterocycles. The van der Waals surface area contributed by atoms with E-state index in [4.69, 9.17) is 11.6 Å². The van der Waals surface area contributed by atoms with Crippen molar-refractivity contribution in [1.29, 1.82) is 0 Å². The van der Waals surface area contributed by atoms with Crippen molar-refractivity contribution in [2.45, 2.75) is 51.4 Å². The van der Waals surface area contributed by atoms with Gasteiger partial charge in [-0.3, -0.25) is 9.98 Å². The van der Waals surface area contributed by atoms with Crippen LogP contribution in [0.3, 0.4) is 0 Å². The highest BCUT2D eigenvalue weighted by atomic mass is 35.5. The van der Waals surface area contributed by atoms with Crippen molar-refractivity contribution >= 4 is 24.5 Å². The smallest absolute Gasteiger partial charge is 0.129 e. The Morgan fingerprint density at radius 3 is 2.53 bits per heavy atom. The average Bonchev–Trinajstić information content (AvgIpc) is 2.71. The summed E-state index contributed by atoms with van der Waals surface area (Å²) < 4.78 is 28.0. The molecular weight excluding hydrogens is 404 g/mol. The van der Waals surface area contributed by atoms with Gasteiger partial charge < -0.3 is 5.32 Å². The second-order valence-corrected chi connectivity index (χ2v) is 7.85. The molecule has 0 fully saturated rings. The molecule has 0 saturated carbocycles. The maximum Gasteiger partial charge on any atom is 0.129 e. The molecule has 1 aromatic rings. The van der Waals surface area contributed by atoms with E-state index in [0.717, 1.165) is 57.2 Å². The molecule has 30 heavy (non-hydrogen) atoms. The summed E-state index contributed by atoms with van der Waals surface area (Å²) in [6, 6.07) is 2.91. The van der Waals surface area contributed by atoms with Crippen LogP contribution in [-0.2, 0) is 12.8 Å².